The molecule has 7 nitrogen and oxygen atoms in total. The third kappa shape index (κ3) is 5.49. The maximum absolute atomic E-state index is 12.5. The van der Waals surface area contributed by atoms with E-state index in [9.17, 15) is 13.2 Å². The molecule has 1 fully saturated rings. The summed E-state index contributed by atoms with van der Waals surface area (Å²) in [6, 6.07) is 4.01. The second-order valence-corrected chi connectivity index (χ2v) is 9.16. The zero-order valence-electron chi connectivity index (χ0n) is 14.6. The lowest BCUT2D eigenvalue weighted by atomic mass is 10.1. The van der Waals surface area contributed by atoms with Crippen LogP contribution in [-0.2, 0) is 14.8 Å². The molecule has 1 heterocycles. The third-order valence-corrected chi connectivity index (χ3v) is 5.56. The summed E-state index contributed by atoms with van der Waals surface area (Å²) in [6.45, 7) is 6.28. The molecule has 3 N–H and O–H groups in total. The first-order chi connectivity index (χ1) is 11.5. The van der Waals surface area contributed by atoms with Crippen molar-refractivity contribution in [3.05, 3.63) is 23.2 Å². The highest BCUT2D eigenvalue weighted by molar-refractivity contribution is 7.89. The maximum atomic E-state index is 12.5. The molecule has 0 radical (unpaired) electrons. The van der Waals surface area contributed by atoms with Gasteiger partial charge in [0.15, 0.2) is 0 Å². The summed E-state index contributed by atoms with van der Waals surface area (Å²) in [4.78, 5) is 13.6. The highest BCUT2D eigenvalue weighted by Crippen LogP contribution is 2.24. The molecule has 0 saturated carbocycles. The minimum absolute atomic E-state index is 0.00599. The van der Waals surface area contributed by atoms with Gasteiger partial charge in [0.05, 0.1) is 5.69 Å². The van der Waals surface area contributed by atoms with Crippen LogP contribution in [0.3, 0.4) is 0 Å². The van der Waals surface area contributed by atoms with Crippen molar-refractivity contribution in [2.24, 2.45) is 0 Å². The Morgan fingerprint density at radius 1 is 1.32 bits per heavy atom. The second kappa shape index (κ2) is 7.39. The highest BCUT2D eigenvalue weighted by atomic mass is 35.5. The van der Waals surface area contributed by atoms with E-state index in [-0.39, 0.29) is 22.7 Å². The lowest BCUT2D eigenvalue weighted by Crippen LogP contribution is -2.47. The molecule has 1 amide bonds. The van der Waals surface area contributed by atoms with E-state index in [1.807, 2.05) is 20.8 Å². The Bertz CT molecular complexity index is 738. The average molecular weight is 390 g/mol. The van der Waals surface area contributed by atoms with Gasteiger partial charge in [-0.05, 0) is 51.8 Å². The molecular formula is C16H24ClN3O4S. The largest absolute Gasteiger partial charge is 0.444 e. The number of halogens is 1. The first-order valence-corrected chi connectivity index (χ1v) is 9.89. The number of anilines is 1. The van der Waals surface area contributed by atoms with E-state index in [2.05, 4.69) is 4.72 Å². The van der Waals surface area contributed by atoms with Gasteiger partial charge in [0.1, 0.15) is 10.5 Å². The van der Waals surface area contributed by atoms with E-state index in [1.54, 1.807) is 4.90 Å². The SMILES string of the molecule is CC(C)(C)OC(=O)N1CCC(NS(=O)(=O)c2ccc(Cl)cc2N)CC1. The van der Waals surface area contributed by atoms with Gasteiger partial charge in [-0.2, -0.15) is 0 Å². The molecular weight excluding hydrogens is 366 g/mol. The first-order valence-electron chi connectivity index (χ1n) is 8.03. The standard InChI is InChI=1S/C16H24ClN3O4S/c1-16(2,3)24-15(21)20-8-6-12(7-9-20)19-25(22,23)14-5-4-11(17)10-13(14)18/h4-5,10,12,19H,6-9,18H2,1-3H3. The van der Waals surface area contributed by atoms with Crippen LogP contribution in [0, 0.1) is 0 Å². The molecule has 1 aliphatic heterocycles. The van der Waals surface area contributed by atoms with Crippen molar-refractivity contribution in [3.8, 4) is 0 Å². The van der Waals surface area contributed by atoms with E-state index in [0.29, 0.717) is 31.0 Å². The van der Waals surface area contributed by atoms with Crippen LogP contribution in [0.4, 0.5) is 10.5 Å². The van der Waals surface area contributed by atoms with Gasteiger partial charge in [0.25, 0.3) is 0 Å². The molecule has 1 aromatic rings. The molecule has 140 valence electrons. The van der Waals surface area contributed by atoms with Crippen LogP contribution in [0.2, 0.25) is 5.02 Å². The number of carbonyl (C=O) groups is 1. The number of nitrogens with one attached hydrogen (secondary N) is 1. The van der Waals surface area contributed by atoms with Gasteiger partial charge >= 0.3 is 6.09 Å². The molecule has 9 heteroatoms. The number of hydrogen-bond acceptors (Lipinski definition) is 5. The van der Waals surface area contributed by atoms with Gasteiger partial charge in [-0.25, -0.2) is 17.9 Å². The topological polar surface area (TPSA) is 102 Å². The minimum Gasteiger partial charge on any atom is -0.444 e. The fraction of sp³-hybridized carbons (Fsp3) is 0.562. The van der Waals surface area contributed by atoms with Crippen LogP contribution < -0.4 is 10.5 Å². The lowest BCUT2D eigenvalue weighted by Gasteiger charge is -2.33. The van der Waals surface area contributed by atoms with Crippen molar-refractivity contribution in [3.63, 3.8) is 0 Å². The van der Waals surface area contributed by atoms with Gasteiger partial charge in [-0.3, -0.25) is 0 Å². The first kappa shape index (κ1) is 19.8. The molecule has 0 aliphatic carbocycles. The van der Waals surface area contributed by atoms with Crippen molar-refractivity contribution >= 4 is 33.4 Å². The molecule has 0 unspecified atom stereocenters. The summed E-state index contributed by atoms with van der Waals surface area (Å²) in [5, 5.41) is 0.377. The van der Waals surface area contributed by atoms with Gasteiger partial charge in [-0.1, -0.05) is 11.6 Å². The highest BCUT2D eigenvalue weighted by Gasteiger charge is 2.29. The monoisotopic (exact) mass is 389 g/mol. The summed E-state index contributed by atoms with van der Waals surface area (Å²) >= 11 is 5.81. The quantitative estimate of drug-likeness (QED) is 0.773. The normalized spacial score (nSPS) is 16.7. The van der Waals surface area contributed by atoms with E-state index < -0.39 is 15.6 Å². The van der Waals surface area contributed by atoms with E-state index in [4.69, 9.17) is 22.1 Å². The van der Waals surface area contributed by atoms with Gasteiger partial charge in [-0.15, -0.1) is 0 Å². The summed E-state index contributed by atoms with van der Waals surface area (Å²) < 4.78 is 33.0. The van der Waals surface area contributed by atoms with Crippen molar-refractivity contribution in [2.45, 2.75) is 50.2 Å². The van der Waals surface area contributed by atoms with E-state index in [1.165, 1.54) is 18.2 Å². The molecule has 0 spiro atoms. The number of nitrogens with zero attached hydrogens (tertiary/aromatic N) is 1. The van der Waals surface area contributed by atoms with Crippen LogP contribution in [0.25, 0.3) is 0 Å². The van der Waals surface area contributed by atoms with Crippen molar-refractivity contribution in [2.75, 3.05) is 18.8 Å². The number of nitrogen functional groups attached to an aromatic ring is 1. The molecule has 0 atom stereocenters. The Kier molecular flexibility index (Phi) is 5.86. The number of piperidine rings is 1. The smallest absolute Gasteiger partial charge is 0.410 e. The number of carbonyl (C=O) groups excluding carboxylic acids is 1. The average Bonchev–Trinajstić information content (AvgIpc) is 2.45. The fourth-order valence-corrected chi connectivity index (χ4v) is 4.15. The van der Waals surface area contributed by atoms with E-state index >= 15 is 0 Å². The summed E-state index contributed by atoms with van der Waals surface area (Å²) in [5.74, 6) is 0. The lowest BCUT2D eigenvalue weighted by molar-refractivity contribution is 0.0204. The number of ether oxygens (including phenoxy) is 1. The number of hydrogen-bond donors (Lipinski definition) is 2. The predicted molar refractivity (Wildman–Crippen MR) is 97.0 cm³/mol. The molecule has 0 bridgehead atoms. The molecule has 1 aromatic carbocycles. The predicted octanol–water partition coefficient (Wildman–Crippen LogP) is 2.60. The van der Waals surface area contributed by atoms with Crippen molar-refractivity contribution in [1.29, 1.82) is 0 Å². The Labute approximate surface area is 153 Å². The number of amides is 1. The molecule has 1 aliphatic rings. The fourth-order valence-electron chi connectivity index (χ4n) is 2.55. The van der Waals surface area contributed by atoms with Crippen LogP contribution in [-0.4, -0.2) is 44.1 Å². The minimum atomic E-state index is -3.74. The number of benzene rings is 1. The third-order valence-electron chi connectivity index (χ3n) is 3.73. The number of nitrogens with two attached hydrogens (primary N) is 1. The summed E-state index contributed by atoms with van der Waals surface area (Å²) in [7, 11) is -3.74. The number of rotatable bonds is 3. The van der Waals surface area contributed by atoms with Crippen LogP contribution in [0.1, 0.15) is 33.6 Å². The van der Waals surface area contributed by atoms with Crippen molar-refractivity contribution in [1.82, 2.24) is 9.62 Å². The molecule has 1 saturated heterocycles. The number of sulfonamides is 1. The summed E-state index contributed by atoms with van der Waals surface area (Å²) in [5.41, 5.74) is 5.31. The van der Waals surface area contributed by atoms with Gasteiger partial charge in [0.2, 0.25) is 10.0 Å². The van der Waals surface area contributed by atoms with Crippen LogP contribution in [0.5, 0.6) is 0 Å². The second-order valence-electron chi connectivity index (χ2n) is 7.05. The molecule has 2 rings (SSSR count). The zero-order chi connectivity index (χ0) is 18.8. The zero-order valence-corrected chi connectivity index (χ0v) is 16.2. The van der Waals surface area contributed by atoms with Crippen molar-refractivity contribution < 1.29 is 17.9 Å². The summed E-state index contributed by atoms with van der Waals surface area (Å²) in [6.07, 6.45) is 0.633. The molecule has 0 aromatic heterocycles. The Hall–Kier alpha value is -1.51. The Morgan fingerprint density at radius 2 is 1.92 bits per heavy atom. The van der Waals surface area contributed by atoms with Crippen LogP contribution in [0.15, 0.2) is 23.1 Å². The van der Waals surface area contributed by atoms with Gasteiger partial charge in [0, 0.05) is 24.2 Å². The Morgan fingerprint density at radius 3 is 2.44 bits per heavy atom. The Balaban J connectivity index is 1.96. The van der Waals surface area contributed by atoms with Gasteiger partial charge < -0.3 is 15.4 Å². The molecule has 25 heavy (non-hydrogen) atoms. The van der Waals surface area contributed by atoms with E-state index in [0.717, 1.165) is 0 Å². The number of likely N-dealkylation sites (tertiary alicyclic amines) is 1. The van der Waals surface area contributed by atoms with Crippen LogP contribution >= 0.6 is 11.6 Å². The maximum Gasteiger partial charge on any atom is 0.410 e.